The van der Waals surface area contributed by atoms with Crippen LogP contribution in [0.25, 0.3) is 0 Å². The lowest BCUT2D eigenvalue weighted by molar-refractivity contribution is -0.137. The second-order valence-corrected chi connectivity index (χ2v) is 9.53. The lowest BCUT2D eigenvalue weighted by Crippen LogP contribution is -2.54. The first-order chi connectivity index (χ1) is 16.3. The van der Waals surface area contributed by atoms with Gasteiger partial charge in [0.15, 0.2) is 0 Å². The van der Waals surface area contributed by atoms with Crippen LogP contribution in [-0.2, 0) is 20.8 Å². The molecule has 0 radical (unpaired) electrons. The lowest BCUT2D eigenvalue weighted by Gasteiger charge is -2.34. The van der Waals surface area contributed by atoms with E-state index >= 15 is 0 Å². The van der Waals surface area contributed by atoms with E-state index in [4.69, 9.17) is 5.73 Å². The maximum Gasteiger partial charge on any atom is 0.245 e. The third kappa shape index (κ3) is 6.99. The molecule has 3 rings (SSSR count). The molecule has 0 bridgehead atoms. The fraction of sp³-hybridized carbons (Fsp3) is 0.640. The van der Waals surface area contributed by atoms with Crippen molar-refractivity contribution in [2.45, 2.75) is 64.0 Å². The number of anilines is 1. The normalized spacial score (nSPS) is 19.4. The van der Waals surface area contributed by atoms with Gasteiger partial charge in [-0.3, -0.25) is 14.4 Å². The molecule has 9 heteroatoms. The molecule has 2 aliphatic rings. The quantitative estimate of drug-likeness (QED) is 0.532. The Morgan fingerprint density at radius 3 is 2.41 bits per heavy atom. The highest BCUT2D eigenvalue weighted by molar-refractivity contribution is 5.95. The Hall–Kier alpha value is -2.52. The summed E-state index contributed by atoms with van der Waals surface area (Å²) >= 11 is 0. The van der Waals surface area contributed by atoms with Crippen molar-refractivity contribution in [1.82, 2.24) is 15.1 Å². The van der Waals surface area contributed by atoms with E-state index in [2.05, 4.69) is 15.5 Å². The molecule has 8 nitrogen and oxygen atoms in total. The summed E-state index contributed by atoms with van der Waals surface area (Å²) in [6, 6.07) is 3.05. The number of nitrogens with two attached hydrogens (primary N) is 1. The SMILES string of the molecule is CCC(=O)NC(Cc1ccc(NC(=O)C(N)C2CCCCC2)c(F)c1)C(=O)N1CCN(C)CC1. The smallest absolute Gasteiger partial charge is 0.245 e. The van der Waals surface area contributed by atoms with Crippen LogP contribution in [0.5, 0.6) is 0 Å². The molecule has 1 saturated heterocycles. The Bertz CT molecular complexity index is 866. The third-order valence-corrected chi connectivity index (χ3v) is 6.96. The molecule has 1 aliphatic carbocycles. The number of nitrogens with zero attached hydrogens (tertiary/aromatic N) is 2. The summed E-state index contributed by atoms with van der Waals surface area (Å²) < 4.78 is 14.9. The highest BCUT2D eigenvalue weighted by Gasteiger charge is 2.29. The molecule has 1 aliphatic heterocycles. The van der Waals surface area contributed by atoms with Gasteiger partial charge in [-0.15, -0.1) is 0 Å². The minimum Gasteiger partial charge on any atom is -0.344 e. The average Bonchev–Trinajstić information content (AvgIpc) is 2.85. The number of rotatable bonds is 8. The highest BCUT2D eigenvalue weighted by atomic mass is 19.1. The second kappa shape index (κ2) is 12.3. The summed E-state index contributed by atoms with van der Waals surface area (Å²) in [4.78, 5) is 41.6. The topological polar surface area (TPSA) is 108 Å². The van der Waals surface area contributed by atoms with Gasteiger partial charge in [-0.05, 0) is 43.5 Å². The first kappa shape index (κ1) is 26.1. The standard InChI is InChI=1S/C25H38FN5O3/c1-3-22(32)28-21(25(34)31-13-11-30(2)12-14-31)16-17-9-10-20(19(26)15-17)29-24(33)23(27)18-7-5-4-6-8-18/h9-10,15,18,21,23H,3-8,11-14,16,27H2,1-2H3,(H,28,32)(H,29,33). The van der Waals surface area contributed by atoms with E-state index in [1.807, 2.05) is 7.05 Å². The van der Waals surface area contributed by atoms with E-state index in [0.29, 0.717) is 18.7 Å². The van der Waals surface area contributed by atoms with Gasteiger partial charge in [-0.25, -0.2) is 4.39 Å². The Balaban J connectivity index is 1.66. The summed E-state index contributed by atoms with van der Waals surface area (Å²) in [6.07, 6.45) is 5.56. The number of hydrogen-bond donors (Lipinski definition) is 3. The number of carbonyl (C=O) groups is 3. The average molecular weight is 476 g/mol. The Morgan fingerprint density at radius 2 is 1.79 bits per heavy atom. The summed E-state index contributed by atoms with van der Waals surface area (Å²) in [6.45, 7) is 4.45. The zero-order chi connectivity index (χ0) is 24.7. The first-order valence-electron chi connectivity index (χ1n) is 12.4. The highest BCUT2D eigenvalue weighted by Crippen LogP contribution is 2.26. The predicted molar refractivity (Wildman–Crippen MR) is 130 cm³/mol. The van der Waals surface area contributed by atoms with Crippen LogP contribution in [0.2, 0.25) is 0 Å². The minimum absolute atomic E-state index is 0.0690. The molecule has 34 heavy (non-hydrogen) atoms. The Labute approximate surface area is 201 Å². The first-order valence-corrected chi connectivity index (χ1v) is 12.4. The second-order valence-electron chi connectivity index (χ2n) is 9.53. The largest absolute Gasteiger partial charge is 0.344 e. The van der Waals surface area contributed by atoms with E-state index in [1.54, 1.807) is 17.9 Å². The van der Waals surface area contributed by atoms with Crippen molar-refractivity contribution >= 4 is 23.4 Å². The summed E-state index contributed by atoms with van der Waals surface area (Å²) in [7, 11) is 2.00. The summed E-state index contributed by atoms with van der Waals surface area (Å²) in [5.41, 5.74) is 6.77. The maximum absolute atomic E-state index is 14.9. The number of nitrogens with one attached hydrogen (secondary N) is 2. The number of carbonyl (C=O) groups excluding carboxylic acids is 3. The van der Waals surface area contributed by atoms with Gasteiger partial charge in [0.05, 0.1) is 11.7 Å². The fourth-order valence-electron chi connectivity index (χ4n) is 4.69. The van der Waals surface area contributed by atoms with E-state index in [9.17, 15) is 18.8 Å². The van der Waals surface area contributed by atoms with Crippen LogP contribution in [-0.4, -0.2) is 72.8 Å². The molecular weight excluding hydrogens is 437 g/mol. The van der Waals surface area contributed by atoms with Crippen LogP contribution in [0.1, 0.15) is 51.0 Å². The molecule has 0 aromatic heterocycles. The van der Waals surface area contributed by atoms with Gasteiger partial charge >= 0.3 is 0 Å². The predicted octanol–water partition coefficient (Wildman–Crippen LogP) is 1.88. The van der Waals surface area contributed by atoms with Gasteiger partial charge < -0.3 is 26.2 Å². The lowest BCUT2D eigenvalue weighted by atomic mass is 9.84. The number of benzene rings is 1. The zero-order valence-electron chi connectivity index (χ0n) is 20.3. The molecule has 1 saturated carbocycles. The van der Waals surface area contributed by atoms with Crippen LogP contribution < -0.4 is 16.4 Å². The van der Waals surface area contributed by atoms with E-state index < -0.39 is 17.9 Å². The molecule has 2 atom stereocenters. The molecule has 1 aromatic carbocycles. The third-order valence-electron chi connectivity index (χ3n) is 6.96. The van der Waals surface area contributed by atoms with Crippen LogP contribution >= 0.6 is 0 Å². The Kier molecular flexibility index (Phi) is 9.41. The molecule has 1 aromatic rings. The van der Waals surface area contributed by atoms with Crippen molar-refractivity contribution in [3.05, 3.63) is 29.6 Å². The van der Waals surface area contributed by atoms with Gasteiger partial charge in [0.25, 0.3) is 0 Å². The van der Waals surface area contributed by atoms with Gasteiger partial charge in [-0.2, -0.15) is 0 Å². The van der Waals surface area contributed by atoms with Crippen LogP contribution in [0.3, 0.4) is 0 Å². The van der Waals surface area contributed by atoms with E-state index in [0.717, 1.165) is 45.2 Å². The molecule has 2 fully saturated rings. The van der Waals surface area contributed by atoms with E-state index in [1.165, 1.54) is 12.1 Å². The number of piperazine rings is 1. The van der Waals surface area contributed by atoms with Gasteiger partial charge in [0, 0.05) is 39.0 Å². The molecule has 188 valence electrons. The fourth-order valence-corrected chi connectivity index (χ4v) is 4.69. The van der Waals surface area contributed by atoms with Gasteiger partial charge in [0.2, 0.25) is 17.7 Å². The van der Waals surface area contributed by atoms with E-state index in [-0.39, 0.29) is 42.2 Å². The van der Waals surface area contributed by atoms with Crippen molar-refractivity contribution in [2.75, 3.05) is 38.5 Å². The number of likely N-dealkylation sites (N-methyl/N-ethyl adjacent to an activating group) is 1. The molecular formula is C25H38FN5O3. The van der Waals surface area contributed by atoms with Crippen LogP contribution in [0, 0.1) is 11.7 Å². The van der Waals surface area contributed by atoms with Crippen molar-refractivity contribution in [3.63, 3.8) is 0 Å². The summed E-state index contributed by atoms with van der Waals surface area (Å²) in [5, 5.41) is 5.41. The van der Waals surface area contributed by atoms with Crippen LogP contribution in [0.15, 0.2) is 18.2 Å². The Morgan fingerprint density at radius 1 is 1.12 bits per heavy atom. The van der Waals surface area contributed by atoms with Crippen molar-refractivity contribution in [3.8, 4) is 0 Å². The maximum atomic E-state index is 14.9. The zero-order valence-corrected chi connectivity index (χ0v) is 20.3. The molecule has 4 N–H and O–H groups in total. The summed E-state index contributed by atoms with van der Waals surface area (Å²) in [5.74, 6) is -1.23. The number of halogens is 1. The van der Waals surface area contributed by atoms with Gasteiger partial charge in [-0.1, -0.05) is 32.3 Å². The van der Waals surface area contributed by atoms with Crippen molar-refractivity contribution in [1.29, 1.82) is 0 Å². The number of amides is 3. The molecule has 2 unspecified atom stereocenters. The van der Waals surface area contributed by atoms with Crippen molar-refractivity contribution < 1.29 is 18.8 Å². The van der Waals surface area contributed by atoms with Crippen LogP contribution in [0.4, 0.5) is 10.1 Å². The minimum atomic E-state index is -0.768. The molecule has 1 heterocycles. The van der Waals surface area contributed by atoms with Gasteiger partial charge in [0.1, 0.15) is 11.9 Å². The molecule has 3 amide bonds. The molecule has 0 spiro atoms. The number of hydrogen-bond acceptors (Lipinski definition) is 5. The van der Waals surface area contributed by atoms with Crippen molar-refractivity contribution in [2.24, 2.45) is 11.7 Å². The monoisotopic (exact) mass is 475 g/mol.